The summed E-state index contributed by atoms with van der Waals surface area (Å²) < 4.78 is 5.53. The number of carboxylic acid groups (broad SMARTS) is 1. The fourth-order valence-corrected chi connectivity index (χ4v) is 1.73. The minimum absolute atomic E-state index is 0.0707. The third-order valence-corrected chi connectivity index (χ3v) is 2.91. The number of hydrogen-bond acceptors (Lipinski definition) is 2. The van der Waals surface area contributed by atoms with Crippen molar-refractivity contribution in [3.63, 3.8) is 0 Å². The van der Waals surface area contributed by atoms with E-state index in [1.54, 1.807) is 6.92 Å². The fraction of sp³-hybridized carbons (Fsp3) is 0.533. The maximum absolute atomic E-state index is 10.9. The van der Waals surface area contributed by atoms with Crippen molar-refractivity contribution in [1.82, 2.24) is 0 Å². The molecule has 1 aromatic carbocycles. The van der Waals surface area contributed by atoms with Crippen LogP contribution >= 0.6 is 0 Å². The van der Waals surface area contributed by atoms with Crippen LogP contribution in [0.15, 0.2) is 18.2 Å². The Balaban J connectivity index is 3.14. The van der Waals surface area contributed by atoms with Gasteiger partial charge in [0.2, 0.25) is 0 Å². The lowest BCUT2D eigenvalue weighted by Gasteiger charge is -2.24. The SMILES string of the molecule is CCc1ccc(OC(C)C(=O)O)c(C(C)(C)C)c1. The first-order valence-electron chi connectivity index (χ1n) is 6.28. The maximum Gasteiger partial charge on any atom is 0.344 e. The smallest absolute Gasteiger partial charge is 0.344 e. The van der Waals surface area contributed by atoms with Crippen molar-refractivity contribution in [2.24, 2.45) is 0 Å². The molecule has 0 heterocycles. The summed E-state index contributed by atoms with van der Waals surface area (Å²) in [7, 11) is 0. The number of ether oxygens (including phenoxy) is 1. The quantitative estimate of drug-likeness (QED) is 0.890. The van der Waals surface area contributed by atoms with Crippen LogP contribution in [0.4, 0.5) is 0 Å². The fourth-order valence-electron chi connectivity index (χ4n) is 1.73. The summed E-state index contributed by atoms with van der Waals surface area (Å²) >= 11 is 0. The molecule has 1 aromatic rings. The number of carbonyl (C=O) groups is 1. The van der Waals surface area contributed by atoms with Gasteiger partial charge in [0, 0.05) is 0 Å². The molecule has 0 aliphatic carbocycles. The number of hydrogen-bond donors (Lipinski definition) is 1. The molecule has 0 bridgehead atoms. The Morgan fingerprint density at radius 2 is 2.00 bits per heavy atom. The zero-order valence-corrected chi connectivity index (χ0v) is 11.8. The van der Waals surface area contributed by atoms with Crippen LogP contribution in [-0.2, 0) is 16.6 Å². The molecule has 3 heteroatoms. The molecule has 0 fully saturated rings. The van der Waals surface area contributed by atoms with Gasteiger partial charge in [0.05, 0.1) is 0 Å². The zero-order valence-electron chi connectivity index (χ0n) is 11.8. The molecule has 0 amide bonds. The predicted octanol–water partition coefficient (Wildman–Crippen LogP) is 3.40. The van der Waals surface area contributed by atoms with Gasteiger partial charge in [-0.05, 0) is 36.0 Å². The van der Waals surface area contributed by atoms with Gasteiger partial charge in [-0.1, -0.05) is 39.8 Å². The molecule has 1 N–H and O–H groups in total. The summed E-state index contributed by atoms with van der Waals surface area (Å²) in [6.07, 6.45) is 0.122. The van der Waals surface area contributed by atoms with Gasteiger partial charge in [-0.2, -0.15) is 0 Å². The van der Waals surface area contributed by atoms with Gasteiger partial charge < -0.3 is 9.84 Å². The van der Waals surface area contributed by atoms with Crippen molar-refractivity contribution in [1.29, 1.82) is 0 Å². The van der Waals surface area contributed by atoms with E-state index in [4.69, 9.17) is 9.84 Å². The molecule has 0 saturated heterocycles. The minimum atomic E-state index is -0.950. The van der Waals surface area contributed by atoms with E-state index in [0.717, 1.165) is 12.0 Å². The van der Waals surface area contributed by atoms with Crippen LogP contribution in [0.25, 0.3) is 0 Å². The van der Waals surface area contributed by atoms with E-state index >= 15 is 0 Å². The highest BCUT2D eigenvalue weighted by Gasteiger charge is 2.22. The van der Waals surface area contributed by atoms with Gasteiger partial charge in [-0.15, -0.1) is 0 Å². The summed E-state index contributed by atoms with van der Waals surface area (Å²) in [6.45, 7) is 9.94. The molecule has 18 heavy (non-hydrogen) atoms. The van der Waals surface area contributed by atoms with Crippen LogP contribution in [0.2, 0.25) is 0 Å². The molecular weight excluding hydrogens is 228 g/mol. The zero-order chi connectivity index (χ0) is 13.9. The van der Waals surface area contributed by atoms with E-state index in [2.05, 4.69) is 33.8 Å². The summed E-state index contributed by atoms with van der Waals surface area (Å²) in [5.41, 5.74) is 2.21. The molecule has 1 rings (SSSR count). The first-order valence-corrected chi connectivity index (χ1v) is 6.28. The average molecular weight is 250 g/mol. The lowest BCUT2D eigenvalue weighted by molar-refractivity contribution is -0.144. The summed E-state index contributed by atoms with van der Waals surface area (Å²) in [6, 6.07) is 5.96. The highest BCUT2D eigenvalue weighted by atomic mass is 16.5. The van der Waals surface area contributed by atoms with Gasteiger partial charge >= 0.3 is 5.97 Å². The third kappa shape index (κ3) is 3.49. The van der Waals surface area contributed by atoms with Gasteiger partial charge in [-0.3, -0.25) is 0 Å². The monoisotopic (exact) mass is 250 g/mol. The van der Waals surface area contributed by atoms with E-state index in [0.29, 0.717) is 5.75 Å². The Kier molecular flexibility index (Phi) is 4.38. The Bertz CT molecular complexity index is 430. The van der Waals surface area contributed by atoms with Crippen LogP contribution in [0.1, 0.15) is 45.7 Å². The van der Waals surface area contributed by atoms with E-state index in [9.17, 15) is 4.79 Å². The van der Waals surface area contributed by atoms with Crippen LogP contribution in [-0.4, -0.2) is 17.2 Å². The topological polar surface area (TPSA) is 46.5 Å². The first kappa shape index (κ1) is 14.6. The van der Waals surface area contributed by atoms with Crippen molar-refractivity contribution < 1.29 is 14.6 Å². The highest BCUT2D eigenvalue weighted by Crippen LogP contribution is 2.33. The van der Waals surface area contributed by atoms with Gasteiger partial charge in [-0.25, -0.2) is 4.79 Å². The lowest BCUT2D eigenvalue weighted by atomic mass is 9.85. The molecule has 0 radical (unpaired) electrons. The van der Waals surface area contributed by atoms with Crippen LogP contribution in [0.3, 0.4) is 0 Å². The van der Waals surface area contributed by atoms with E-state index in [1.165, 1.54) is 5.56 Å². The van der Waals surface area contributed by atoms with E-state index in [-0.39, 0.29) is 5.41 Å². The highest BCUT2D eigenvalue weighted by molar-refractivity contribution is 5.72. The van der Waals surface area contributed by atoms with Crippen molar-refractivity contribution in [3.8, 4) is 5.75 Å². The largest absolute Gasteiger partial charge is 0.479 e. The molecule has 1 atom stereocenters. The van der Waals surface area contributed by atoms with Crippen LogP contribution < -0.4 is 4.74 Å². The third-order valence-electron chi connectivity index (χ3n) is 2.91. The normalized spacial score (nSPS) is 13.2. The van der Waals surface area contributed by atoms with Gasteiger partial charge in [0.15, 0.2) is 6.10 Å². The summed E-state index contributed by atoms with van der Waals surface area (Å²) in [4.78, 5) is 10.9. The van der Waals surface area contributed by atoms with Crippen LogP contribution in [0, 0.1) is 0 Å². The second-order valence-electron chi connectivity index (χ2n) is 5.53. The Morgan fingerprint density at radius 3 is 2.44 bits per heavy atom. The maximum atomic E-state index is 10.9. The Labute approximate surface area is 109 Å². The van der Waals surface area contributed by atoms with Crippen molar-refractivity contribution in [2.45, 2.75) is 52.6 Å². The number of carboxylic acids is 1. The molecule has 3 nitrogen and oxygen atoms in total. The molecule has 100 valence electrons. The van der Waals surface area contributed by atoms with E-state index < -0.39 is 12.1 Å². The minimum Gasteiger partial charge on any atom is -0.479 e. The number of aryl methyl sites for hydroxylation is 1. The molecule has 1 unspecified atom stereocenters. The predicted molar refractivity (Wildman–Crippen MR) is 72.2 cm³/mol. The molecular formula is C15H22O3. The molecule has 0 aromatic heterocycles. The molecule has 0 spiro atoms. The molecule has 0 aliphatic heterocycles. The number of aliphatic carboxylic acids is 1. The number of benzene rings is 1. The number of rotatable bonds is 4. The summed E-state index contributed by atoms with van der Waals surface area (Å²) in [5, 5.41) is 8.91. The van der Waals surface area contributed by atoms with Crippen LogP contribution in [0.5, 0.6) is 5.75 Å². The lowest BCUT2D eigenvalue weighted by Crippen LogP contribution is -2.25. The first-order chi connectivity index (χ1) is 8.25. The second-order valence-corrected chi connectivity index (χ2v) is 5.53. The molecule has 0 aliphatic rings. The summed E-state index contributed by atoms with van der Waals surface area (Å²) in [5.74, 6) is -0.288. The molecule has 0 saturated carbocycles. The van der Waals surface area contributed by atoms with Crippen molar-refractivity contribution in [2.75, 3.05) is 0 Å². The second kappa shape index (κ2) is 5.42. The van der Waals surface area contributed by atoms with Crippen molar-refractivity contribution >= 4 is 5.97 Å². The Morgan fingerprint density at radius 1 is 1.39 bits per heavy atom. The van der Waals surface area contributed by atoms with Gasteiger partial charge in [0.25, 0.3) is 0 Å². The van der Waals surface area contributed by atoms with Gasteiger partial charge in [0.1, 0.15) is 5.75 Å². The standard InChI is InChI=1S/C15H22O3/c1-6-11-7-8-13(18-10(2)14(16)17)12(9-11)15(3,4)5/h7-10H,6H2,1-5H3,(H,16,17). The van der Waals surface area contributed by atoms with E-state index in [1.807, 2.05) is 12.1 Å². The average Bonchev–Trinajstić information content (AvgIpc) is 2.27. The Hall–Kier alpha value is -1.51. The van der Waals surface area contributed by atoms with Crippen molar-refractivity contribution in [3.05, 3.63) is 29.3 Å².